The average Bonchev–Trinajstić information content (AvgIpc) is 3.03. The van der Waals surface area contributed by atoms with Crippen molar-refractivity contribution >= 4 is 16.9 Å². The van der Waals surface area contributed by atoms with E-state index in [1.807, 2.05) is 0 Å². The third kappa shape index (κ3) is 6.45. The number of carbonyl (C=O) groups is 1. The molecule has 0 aliphatic carbocycles. The quantitative estimate of drug-likeness (QED) is 0.124. The first-order valence-corrected chi connectivity index (χ1v) is 14.3. The van der Waals surface area contributed by atoms with Crippen molar-refractivity contribution < 1.29 is 78.9 Å². The van der Waals surface area contributed by atoms with E-state index in [0.717, 1.165) is 19.1 Å². The summed E-state index contributed by atoms with van der Waals surface area (Å²) in [5.74, 6) is -2.50. The highest BCUT2D eigenvalue weighted by molar-refractivity contribution is 5.89. The molecular weight excluding hydrogens is 632 g/mol. The molecule has 17 nitrogen and oxygen atoms in total. The van der Waals surface area contributed by atoms with Gasteiger partial charge in [0.1, 0.15) is 84.2 Å². The summed E-state index contributed by atoms with van der Waals surface area (Å²) >= 11 is 0. The number of aliphatic hydroxyl groups is 6. The number of phenolic OH excluding ortho intramolecular Hbond substituents is 3. The summed E-state index contributed by atoms with van der Waals surface area (Å²) in [6.45, 7) is -0.339. The van der Waals surface area contributed by atoms with Crippen LogP contribution in [0.5, 0.6) is 23.0 Å². The molecule has 2 aliphatic rings. The van der Waals surface area contributed by atoms with Gasteiger partial charge in [-0.05, 0) is 18.2 Å². The molecule has 256 valence electrons. The van der Waals surface area contributed by atoms with Gasteiger partial charge in [-0.2, -0.15) is 0 Å². The Morgan fingerprint density at radius 1 is 0.851 bits per heavy atom. The first-order valence-electron chi connectivity index (χ1n) is 14.3. The number of aliphatic hydroxyl groups excluding tert-OH is 6. The molecule has 47 heavy (non-hydrogen) atoms. The van der Waals surface area contributed by atoms with Crippen molar-refractivity contribution in [3.05, 3.63) is 46.1 Å². The molecule has 1 aromatic heterocycles. The molecular formula is C30H34O17. The largest absolute Gasteiger partial charge is 0.507 e. The van der Waals surface area contributed by atoms with Crippen LogP contribution in [0.15, 0.2) is 39.5 Å². The van der Waals surface area contributed by atoms with Crippen molar-refractivity contribution in [1.29, 1.82) is 0 Å². The van der Waals surface area contributed by atoms with E-state index < -0.39 is 114 Å². The lowest BCUT2D eigenvalue weighted by molar-refractivity contribution is -0.342. The number of fused-ring (bicyclic) bond motifs is 1. The van der Waals surface area contributed by atoms with Gasteiger partial charge in [0.25, 0.3) is 0 Å². The number of benzene rings is 2. The van der Waals surface area contributed by atoms with E-state index in [2.05, 4.69) is 0 Å². The fraction of sp³-hybridized carbons (Fsp3) is 0.467. The van der Waals surface area contributed by atoms with Gasteiger partial charge >= 0.3 is 5.97 Å². The minimum Gasteiger partial charge on any atom is -0.507 e. The summed E-state index contributed by atoms with van der Waals surface area (Å²) in [6.07, 6.45) is -17.7. The highest BCUT2D eigenvalue weighted by Gasteiger charge is 2.52. The minimum absolute atomic E-state index is 0.0331. The maximum Gasteiger partial charge on any atom is 0.302 e. The van der Waals surface area contributed by atoms with E-state index >= 15 is 0 Å². The summed E-state index contributed by atoms with van der Waals surface area (Å²) in [7, 11) is 1.30. The van der Waals surface area contributed by atoms with Crippen LogP contribution in [0.2, 0.25) is 0 Å². The maximum absolute atomic E-state index is 13.3. The lowest BCUT2D eigenvalue weighted by atomic mass is 9.89. The van der Waals surface area contributed by atoms with Crippen molar-refractivity contribution in [1.82, 2.24) is 0 Å². The molecule has 10 atom stereocenters. The van der Waals surface area contributed by atoms with Crippen LogP contribution in [0.3, 0.4) is 0 Å². The second-order valence-corrected chi connectivity index (χ2v) is 11.1. The molecule has 2 aliphatic heterocycles. The van der Waals surface area contributed by atoms with Crippen LogP contribution < -0.4 is 10.2 Å². The molecule has 5 rings (SSSR count). The first-order chi connectivity index (χ1) is 22.3. The fourth-order valence-corrected chi connectivity index (χ4v) is 5.58. The number of phenols is 3. The third-order valence-electron chi connectivity index (χ3n) is 8.02. The Kier molecular flexibility index (Phi) is 9.92. The van der Waals surface area contributed by atoms with E-state index in [9.17, 15) is 55.5 Å². The normalized spacial score (nSPS) is 31.1. The summed E-state index contributed by atoms with van der Waals surface area (Å²) < 4.78 is 33.1. The zero-order valence-corrected chi connectivity index (χ0v) is 24.9. The van der Waals surface area contributed by atoms with Crippen LogP contribution in [0, 0.1) is 0 Å². The number of aromatic hydroxyl groups is 3. The molecule has 2 aromatic carbocycles. The molecule has 0 spiro atoms. The van der Waals surface area contributed by atoms with E-state index in [4.69, 9.17) is 28.1 Å². The summed E-state index contributed by atoms with van der Waals surface area (Å²) in [4.78, 5) is 24.9. The number of carbonyl (C=O) groups excluding carboxylic acids is 1. The predicted octanol–water partition coefficient (Wildman–Crippen LogP) is -1.50. The Balaban J connectivity index is 1.63. The Hall–Kier alpha value is -4.04. The Labute approximate surface area is 264 Å². The lowest BCUT2D eigenvalue weighted by Gasteiger charge is -2.46. The van der Waals surface area contributed by atoms with Crippen LogP contribution in [-0.4, -0.2) is 127 Å². The Morgan fingerprint density at radius 2 is 1.57 bits per heavy atom. The van der Waals surface area contributed by atoms with Crippen LogP contribution in [-0.2, 0) is 23.7 Å². The zero-order valence-electron chi connectivity index (χ0n) is 24.9. The second kappa shape index (κ2) is 13.6. The Morgan fingerprint density at radius 3 is 2.23 bits per heavy atom. The van der Waals surface area contributed by atoms with Crippen LogP contribution >= 0.6 is 0 Å². The molecule has 17 heteroatoms. The number of rotatable bonds is 8. The SMILES string of the molecule is COc1cc(-c2cc(=O)c3c(O)cc(O)c([C@@H]4O[C@H](COC(C)=O)[C@@H](O)[C@H](O[C@@H]5O[C@H](CO)[C@@H](O)[C@H](O)[C@H]5O)[C@H]4O)c3o2)ccc1O. The first kappa shape index (κ1) is 34.3. The van der Waals surface area contributed by atoms with Gasteiger partial charge in [-0.25, -0.2) is 0 Å². The van der Waals surface area contributed by atoms with Crippen LogP contribution in [0.25, 0.3) is 22.3 Å². The average molecular weight is 667 g/mol. The number of esters is 1. The Bertz CT molecular complexity index is 1670. The van der Waals surface area contributed by atoms with E-state index in [1.165, 1.54) is 25.3 Å². The summed E-state index contributed by atoms with van der Waals surface area (Å²) in [5.41, 5.74) is -1.43. The van der Waals surface area contributed by atoms with Gasteiger partial charge in [-0.1, -0.05) is 0 Å². The van der Waals surface area contributed by atoms with Gasteiger partial charge in [-0.3, -0.25) is 9.59 Å². The molecule has 0 bridgehead atoms. The highest BCUT2D eigenvalue weighted by Crippen LogP contribution is 2.45. The second-order valence-electron chi connectivity index (χ2n) is 11.1. The van der Waals surface area contributed by atoms with Gasteiger partial charge in [0.2, 0.25) is 0 Å². The zero-order chi connectivity index (χ0) is 34.3. The standard InChI is InChI=1S/C30H34O17/c1-10(32)43-9-19-23(38)29(47-30-25(40)24(39)22(37)18(8-31)46-30)26(41)28(45-19)21-14(35)6-13(34)20-15(36)7-16(44-27(20)21)11-3-4-12(33)17(5-11)42-2/h3-7,18-19,22-26,28-31,33-35,37-41H,8-9H2,1-2H3/t18-,19-,22-,23-,24+,25-,26+,28+,29+,30+/m1/s1. The van der Waals surface area contributed by atoms with Crippen molar-refractivity contribution in [2.24, 2.45) is 0 Å². The van der Waals surface area contributed by atoms with Crippen molar-refractivity contribution in [3.63, 3.8) is 0 Å². The molecule has 3 aromatic rings. The van der Waals surface area contributed by atoms with Gasteiger partial charge < -0.3 is 74.1 Å². The van der Waals surface area contributed by atoms with Crippen LogP contribution in [0.4, 0.5) is 0 Å². The van der Waals surface area contributed by atoms with E-state index in [1.54, 1.807) is 0 Å². The number of hydrogen-bond donors (Lipinski definition) is 9. The number of hydrogen-bond acceptors (Lipinski definition) is 17. The lowest BCUT2D eigenvalue weighted by Crippen LogP contribution is -2.63. The summed E-state index contributed by atoms with van der Waals surface area (Å²) in [6, 6.07) is 5.85. The molecule has 3 heterocycles. The highest BCUT2D eigenvalue weighted by atomic mass is 16.7. The molecule has 0 radical (unpaired) electrons. The van der Waals surface area contributed by atoms with Gasteiger partial charge in [-0.15, -0.1) is 0 Å². The smallest absolute Gasteiger partial charge is 0.302 e. The molecule has 0 amide bonds. The van der Waals surface area contributed by atoms with E-state index in [-0.39, 0.29) is 22.8 Å². The summed E-state index contributed by atoms with van der Waals surface area (Å²) in [5, 5.41) is 94.5. The van der Waals surface area contributed by atoms with Crippen molar-refractivity contribution in [3.8, 4) is 34.3 Å². The fourth-order valence-electron chi connectivity index (χ4n) is 5.58. The van der Waals surface area contributed by atoms with E-state index in [0.29, 0.717) is 0 Å². The molecule has 2 fully saturated rings. The van der Waals surface area contributed by atoms with Gasteiger partial charge in [0.15, 0.2) is 28.8 Å². The van der Waals surface area contributed by atoms with Crippen molar-refractivity contribution in [2.45, 2.75) is 68.1 Å². The van der Waals surface area contributed by atoms with Crippen LogP contribution in [0.1, 0.15) is 18.6 Å². The minimum atomic E-state index is -1.99. The van der Waals surface area contributed by atoms with Gasteiger partial charge in [0.05, 0.1) is 19.3 Å². The third-order valence-corrected chi connectivity index (χ3v) is 8.02. The van der Waals surface area contributed by atoms with Gasteiger partial charge in [0, 0.05) is 24.6 Å². The number of methoxy groups -OCH3 is 1. The predicted molar refractivity (Wildman–Crippen MR) is 154 cm³/mol. The molecule has 9 N–H and O–H groups in total. The molecule has 0 unspecified atom stereocenters. The van der Waals surface area contributed by atoms with Crippen molar-refractivity contribution in [2.75, 3.05) is 20.3 Å². The molecule has 2 saturated heterocycles. The molecule has 0 saturated carbocycles. The maximum atomic E-state index is 13.3. The number of ether oxygens (including phenoxy) is 5. The topological polar surface area (TPSA) is 276 Å². The monoisotopic (exact) mass is 666 g/mol.